The molecule has 1 aromatic carbocycles. The van der Waals surface area contributed by atoms with Gasteiger partial charge >= 0.3 is 5.97 Å². The molecule has 0 bridgehead atoms. The number of fused-ring (bicyclic) bond motifs is 1. The Labute approximate surface area is 98.8 Å². The van der Waals surface area contributed by atoms with E-state index >= 15 is 0 Å². The van der Waals surface area contributed by atoms with Gasteiger partial charge in [-0.15, -0.1) is 11.8 Å². The third-order valence-electron chi connectivity index (χ3n) is 2.59. The fourth-order valence-corrected chi connectivity index (χ4v) is 2.65. The fourth-order valence-electron chi connectivity index (χ4n) is 1.87. The van der Waals surface area contributed by atoms with E-state index in [-0.39, 0.29) is 11.9 Å². The number of hydrogen-bond donors (Lipinski definition) is 1. The molecule has 0 amide bonds. The van der Waals surface area contributed by atoms with Gasteiger partial charge in [-0.3, -0.25) is 4.79 Å². The molecule has 2 rings (SSSR count). The van der Waals surface area contributed by atoms with Crippen molar-refractivity contribution in [2.75, 3.05) is 18.1 Å². The first-order chi connectivity index (χ1) is 7.77. The van der Waals surface area contributed by atoms with Crippen molar-refractivity contribution in [3.63, 3.8) is 0 Å². The van der Waals surface area contributed by atoms with Gasteiger partial charge in [0.1, 0.15) is 0 Å². The number of rotatable bonds is 4. The molecule has 4 heteroatoms. The summed E-state index contributed by atoms with van der Waals surface area (Å²) in [6.07, 6.45) is 1.00. The molecule has 0 aliphatic carbocycles. The number of hydrogen-bond acceptors (Lipinski definition) is 3. The second-order valence-electron chi connectivity index (χ2n) is 3.72. The smallest absolute Gasteiger partial charge is 0.313 e. The summed E-state index contributed by atoms with van der Waals surface area (Å²) in [4.78, 5) is 10.4. The molecule has 1 aliphatic rings. The Morgan fingerprint density at radius 2 is 2.31 bits per heavy atom. The SMILES string of the molecule is O=C(O)CSCC1OCCc2ccccc21. The van der Waals surface area contributed by atoms with E-state index in [4.69, 9.17) is 9.84 Å². The normalized spacial score (nSPS) is 19.1. The van der Waals surface area contributed by atoms with Gasteiger partial charge in [-0.1, -0.05) is 24.3 Å². The molecule has 0 saturated heterocycles. The summed E-state index contributed by atoms with van der Waals surface area (Å²) in [6, 6.07) is 8.22. The first kappa shape index (κ1) is 11.5. The molecule has 1 heterocycles. The minimum absolute atomic E-state index is 0.0503. The first-order valence-corrected chi connectivity index (χ1v) is 6.42. The average Bonchev–Trinajstić information content (AvgIpc) is 2.29. The molecule has 16 heavy (non-hydrogen) atoms. The van der Waals surface area contributed by atoms with E-state index < -0.39 is 5.97 Å². The third-order valence-corrected chi connectivity index (χ3v) is 3.58. The summed E-state index contributed by atoms with van der Waals surface area (Å²) >= 11 is 1.41. The molecule has 1 atom stereocenters. The van der Waals surface area contributed by atoms with Crippen LogP contribution in [0.3, 0.4) is 0 Å². The van der Waals surface area contributed by atoms with Gasteiger partial charge in [0.05, 0.1) is 18.5 Å². The number of aliphatic carboxylic acids is 1. The number of carboxylic acid groups (broad SMARTS) is 1. The van der Waals surface area contributed by atoms with Gasteiger partial charge in [-0.05, 0) is 17.5 Å². The van der Waals surface area contributed by atoms with E-state index in [0.29, 0.717) is 5.75 Å². The van der Waals surface area contributed by atoms with E-state index in [1.54, 1.807) is 0 Å². The van der Waals surface area contributed by atoms with Crippen LogP contribution in [-0.4, -0.2) is 29.2 Å². The van der Waals surface area contributed by atoms with Gasteiger partial charge < -0.3 is 9.84 Å². The monoisotopic (exact) mass is 238 g/mol. The summed E-state index contributed by atoms with van der Waals surface area (Å²) in [7, 11) is 0. The summed E-state index contributed by atoms with van der Waals surface area (Å²) in [6.45, 7) is 0.731. The van der Waals surface area contributed by atoms with E-state index in [2.05, 4.69) is 12.1 Å². The predicted octanol–water partition coefficient (Wildman–Crippen LogP) is 2.12. The van der Waals surface area contributed by atoms with Crippen LogP contribution in [0.5, 0.6) is 0 Å². The first-order valence-electron chi connectivity index (χ1n) is 5.26. The Kier molecular flexibility index (Phi) is 3.85. The van der Waals surface area contributed by atoms with Gasteiger partial charge in [-0.25, -0.2) is 0 Å². The zero-order chi connectivity index (χ0) is 11.4. The lowest BCUT2D eigenvalue weighted by molar-refractivity contribution is -0.133. The summed E-state index contributed by atoms with van der Waals surface area (Å²) in [5, 5.41) is 8.58. The van der Waals surface area contributed by atoms with Crippen molar-refractivity contribution in [1.82, 2.24) is 0 Å². The van der Waals surface area contributed by atoms with Crippen molar-refractivity contribution >= 4 is 17.7 Å². The molecule has 0 saturated carbocycles. The van der Waals surface area contributed by atoms with E-state index in [1.807, 2.05) is 12.1 Å². The minimum atomic E-state index is -0.769. The summed E-state index contributed by atoms with van der Waals surface area (Å²) < 4.78 is 5.67. The van der Waals surface area contributed by atoms with Crippen LogP contribution in [0.15, 0.2) is 24.3 Å². The Balaban J connectivity index is 1.99. The molecule has 1 unspecified atom stereocenters. The lowest BCUT2D eigenvalue weighted by Crippen LogP contribution is -2.18. The molecule has 3 nitrogen and oxygen atoms in total. The Hall–Kier alpha value is -1.00. The van der Waals surface area contributed by atoms with Gasteiger partial charge in [-0.2, -0.15) is 0 Å². The van der Waals surface area contributed by atoms with Crippen molar-refractivity contribution < 1.29 is 14.6 Å². The quantitative estimate of drug-likeness (QED) is 0.872. The number of benzene rings is 1. The van der Waals surface area contributed by atoms with Crippen LogP contribution in [0.25, 0.3) is 0 Å². The number of carbonyl (C=O) groups is 1. The fraction of sp³-hybridized carbons (Fsp3) is 0.417. The van der Waals surface area contributed by atoms with Crippen LogP contribution in [0, 0.1) is 0 Å². The molecule has 1 aromatic rings. The predicted molar refractivity (Wildman–Crippen MR) is 63.8 cm³/mol. The average molecular weight is 238 g/mol. The Morgan fingerprint density at radius 1 is 1.50 bits per heavy atom. The van der Waals surface area contributed by atoms with Gasteiger partial charge in [0.25, 0.3) is 0 Å². The number of carboxylic acids is 1. The minimum Gasteiger partial charge on any atom is -0.481 e. The Bertz CT molecular complexity index is 378. The van der Waals surface area contributed by atoms with Crippen LogP contribution >= 0.6 is 11.8 Å². The summed E-state index contributed by atoms with van der Waals surface area (Å²) in [5.74, 6) is 0.0832. The highest BCUT2D eigenvalue weighted by Crippen LogP contribution is 2.29. The second-order valence-corrected chi connectivity index (χ2v) is 4.75. The molecular weight excluding hydrogens is 224 g/mol. The highest BCUT2D eigenvalue weighted by Gasteiger charge is 2.20. The van der Waals surface area contributed by atoms with Crippen molar-refractivity contribution in [3.8, 4) is 0 Å². The van der Waals surface area contributed by atoms with Crippen molar-refractivity contribution in [1.29, 1.82) is 0 Å². The standard InChI is InChI=1S/C12H14O3S/c13-12(14)8-16-7-11-10-4-2-1-3-9(10)5-6-15-11/h1-4,11H,5-8H2,(H,13,14). The second kappa shape index (κ2) is 5.37. The lowest BCUT2D eigenvalue weighted by Gasteiger charge is -2.25. The summed E-state index contributed by atoms with van der Waals surface area (Å²) in [5.41, 5.74) is 2.54. The maximum absolute atomic E-state index is 10.4. The molecule has 0 spiro atoms. The Morgan fingerprint density at radius 3 is 3.12 bits per heavy atom. The van der Waals surface area contributed by atoms with E-state index in [0.717, 1.165) is 13.0 Å². The molecule has 1 N–H and O–H groups in total. The van der Waals surface area contributed by atoms with Crippen molar-refractivity contribution in [3.05, 3.63) is 35.4 Å². The molecule has 0 radical (unpaired) electrons. The number of thioether (sulfide) groups is 1. The van der Waals surface area contributed by atoms with Crippen LogP contribution in [-0.2, 0) is 16.0 Å². The van der Waals surface area contributed by atoms with Gasteiger partial charge in [0, 0.05) is 5.75 Å². The van der Waals surface area contributed by atoms with Crippen LogP contribution in [0.4, 0.5) is 0 Å². The zero-order valence-corrected chi connectivity index (χ0v) is 9.70. The molecule has 0 fully saturated rings. The van der Waals surface area contributed by atoms with E-state index in [9.17, 15) is 4.79 Å². The third kappa shape index (κ3) is 2.77. The van der Waals surface area contributed by atoms with Crippen LogP contribution in [0.2, 0.25) is 0 Å². The van der Waals surface area contributed by atoms with Crippen LogP contribution in [0.1, 0.15) is 17.2 Å². The van der Waals surface area contributed by atoms with Crippen molar-refractivity contribution in [2.45, 2.75) is 12.5 Å². The van der Waals surface area contributed by atoms with Crippen molar-refractivity contribution in [2.24, 2.45) is 0 Å². The largest absolute Gasteiger partial charge is 0.481 e. The molecule has 1 aliphatic heterocycles. The van der Waals surface area contributed by atoms with E-state index in [1.165, 1.54) is 22.9 Å². The maximum atomic E-state index is 10.4. The highest BCUT2D eigenvalue weighted by molar-refractivity contribution is 7.99. The number of ether oxygens (including phenoxy) is 1. The lowest BCUT2D eigenvalue weighted by atomic mass is 9.99. The van der Waals surface area contributed by atoms with Gasteiger partial charge in [0.2, 0.25) is 0 Å². The molecule has 0 aromatic heterocycles. The topological polar surface area (TPSA) is 46.5 Å². The highest BCUT2D eigenvalue weighted by atomic mass is 32.2. The molecular formula is C12H14O3S. The van der Waals surface area contributed by atoms with Crippen LogP contribution < -0.4 is 0 Å². The maximum Gasteiger partial charge on any atom is 0.313 e. The van der Waals surface area contributed by atoms with Gasteiger partial charge in [0.15, 0.2) is 0 Å². The molecule has 86 valence electrons. The zero-order valence-electron chi connectivity index (χ0n) is 8.89.